The minimum absolute atomic E-state index is 0.0271. The Morgan fingerprint density at radius 2 is 1.88 bits per heavy atom. The molecule has 1 aromatic carbocycles. The number of ketones is 1. The van der Waals surface area contributed by atoms with Crippen molar-refractivity contribution < 1.29 is 23.5 Å². The molecule has 2 aromatic rings. The van der Waals surface area contributed by atoms with Gasteiger partial charge in [0.15, 0.2) is 5.78 Å². The Bertz CT molecular complexity index is 1180. The Balaban J connectivity index is 1.51. The average Bonchev–Trinajstić information content (AvgIpc) is 3.49. The van der Waals surface area contributed by atoms with Gasteiger partial charge in [-0.3, -0.25) is 4.79 Å². The number of benzene rings is 1. The number of ether oxygens (including phenoxy) is 2. The standard InChI is InChI=1S/C28H31NO5/c1-16-11-12-24(33-16)27-25(28(31)34-20-8-4-5-9-20)17(2)29-22-14-19(15-23(30)26(22)27)18-7-6-10-21(13-18)32-3/h6-7,10-13,19-20,27,29H,4-5,8-9,14-15H2,1-3H3/t19-,27+/m1/s1. The second-order valence-electron chi connectivity index (χ2n) is 9.55. The van der Waals surface area contributed by atoms with Crippen LogP contribution in [0.3, 0.4) is 0 Å². The summed E-state index contributed by atoms with van der Waals surface area (Å²) in [4.78, 5) is 27.0. The van der Waals surface area contributed by atoms with Crippen LogP contribution in [0.2, 0.25) is 0 Å². The Labute approximate surface area is 200 Å². The molecule has 2 atom stereocenters. The zero-order valence-corrected chi connectivity index (χ0v) is 20.0. The summed E-state index contributed by atoms with van der Waals surface area (Å²) < 4.78 is 17.3. The summed E-state index contributed by atoms with van der Waals surface area (Å²) in [5, 5.41) is 3.40. The van der Waals surface area contributed by atoms with E-state index in [0.717, 1.165) is 54.2 Å². The predicted octanol–water partition coefficient (Wildman–Crippen LogP) is 5.44. The van der Waals surface area contributed by atoms with Gasteiger partial charge in [0.1, 0.15) is 23.4 Å². The molecule has 1 saturated carbocycles. The van der Waals surface area contributed by atoms with Crippen LogP contribution in [0, 0.1) is 6.92 Å². The van der Waals surface area contributed by atoms with E-state index >= 15 is 0 Å². The molecule has 1 aliphatic heterocycles. The van der Waals surface area contributed by atoms with E-state index in [1.54, 1.807) is 7.11 Å². The van der Waals surface area contributed by atoms with Gasteiger partial charge in [0.05, 0.1) is 18.6 Å². The van der Waals surface area contributed by atoms with E-state index in [0.29, 0.717) is 29.7 Å². The van der Waals surface area contributed by atoms with Gasteiger partial charge in [-0.25, -0.2) is 4.79 Å². The van der Waals surface area contributed by atoms with Gasteiger partial charge in [0, 0.05) is 23.4 Å². The van der Waals surface area contributed by atoms with E-state index in [-0.39, 0.29) is 23.8 Å². The number of hydrogen-bond donors (Lipinski definition) is 1. The third-order valence-corrected chi connectivity index (χ3v) is 7.23. The van der Waals surface area contributed by atoms with Crippen molar-refractivity contribution in [1.29, 1.82) is 0 Å². The summed E-state index contributed by atoms with van der Waals surface area (Å²) in [5.74, 6) is 1.28. The minimum Gasteiger partial charge on any atom is -0.497 e. The first kappa shape index (κ1) is 22.5. The lowest BCUT2D eigenvalue weighted by atomic mass is 9.73. The molecule has 0 unspecified atom stereocenters. The predicted molar refractivity (Wildman–Crippen MR) is 127 cm³/mol. The number of aryl methyl sites for hydroxylation is 1. The Kier molecular flexibility index (Phi) is 6.07. The maximum atomic E-state index is 13.6. The first-order valence-electron chi connectivity index (χ1n) is 12.1. The Hall–Kier alpha value is -3.28. The van der Waals surface area contributed by atoms with Crippen molar-refractivity contribution >= 4 is 11.8 Å². The van der Waals surface area contributed by atoms with Crippen LogP contribution in [0.1, 0.15) is 74.4 Å². The molecule has 6 nitrogen and oxygen atoms in total. The van der Waals surface area contributed by atoms with Gasteiger partial charge in [0.2, 0.25) is 0 Å². The normalized spacial score (nSPS) is 23.1. The fourth-order valence-corrected chi connectivity index (χ4v) is 5.55. The molecule has 6 heteroatoms. The van der Waals surface area contributed by atoms with E-state index in [9.17, 15) is 9.59 Å². The van der Waals surface area contributed by atoms with Crippen LogP contribution < -0.4 is 10.1 Å². The average molecular weight is 462 g/mol. The first-order valence-corrected chi connectivity index (χ1v) is 12.1. The van der Waals surface area contributed by atoms with Crippen molar-refractivity contribution in [3.8, 4) is 5.75 Å². The minimum atomic E-state index is -0.558. The number of rotatable bonds is 5. The second-order valence-corrected chi connectivity index (χ2v) is 9.55. The molecule has 1 fully saturated rings. The number of carbonyl (C=O) groups is 2. The maximum absolute atomic E-state index is 13.6. The van der Waals surface area contributed by atoms with E-state index in [2.05, 4.69) is 5.32 Å². The fourth-order valence-electron chi connectivity index (χ4n) is 5.55. The van der Waals surface area contributed by atoms with Gasteiger partial charge in [0.25, 0.3) is 0 Å². The number of nitrogens with one attached hydrogen (secondary N) is 1. The number of carbonyl (C=O) groups excluding carboxylic acids is 2. The molecule has 0 spiro atoms. The summed E-state index contributed by atoms with van der Waals surface area (Å²) in [5.41, 5.74) is 3.75. The summed E-state index contributed by atoms with van der Waals surface area (Å²) in [6.45, 7) is 3.76. The van der Waals surface area contributed by atoms with Crippen LogP contribution >= 0.6 is 0 Å². The van der Waals surface area contributed by atoms with Crippen LogP contribution in [-0.2, 0) is 14.3 Å². The SMILES string of the molecule is COc1cccc([C@H]2CC(=O)C3=C(C2)NC(C)=C(C(=O)OC2CCCC2)[C@@H]3c2ccc(C)o2)c1. The molecule has 1 N–H and O–H groups in total. The van der Waals surface area contributed by atoms with Crippen LogP contribution in [0.5, 0.6) is 5.75 Å². The molecule has 0 saturated heterocycles. The van der Waals surface area contributed by atoms with Crippen molar-refractivity contribution in [2.75, 3.05) is 7.11 Å². The number of furan rings is 1. The Morgan fingerprint density at radius 1 is 1.09 bits per heavy atom. The summed E-state index contributed by atoms with van der Waals surface area (Å²) in [6.07, 6.45) is 4.93. The monoisotopic (exact) mass is 461 g/mol. The molecular formula is C28H31NO5. The summed E-state index contributed by atoms with van der Waals surface area (Å²) >= 11 is 0. The molecule has 34 heavy (non-hydrogen) atoms. The number of esters is 1. The molecule has 5 rings (SSSR count). The lowest BCUT2D eigenvalue weighted by Gasteiger charge is -2.36. The Morgan fingerprint density at radius 3 is 2.59 bits per heavy atom. The van der Waals surface area contributed by atoms with E-state index in [1.807, 2.05) is 50.2 Å². The van der Waals surface area contributed by atoms with Gasteiger partial charge in [-0.2, -0.15) is 0 Å². The second kappa shape index (κ2) is 9.16. The maximum Gasteiger partial charge on any atom is 0.337 e. The van der Waals surface area contributed by atoms with Crippen LogP contribution in [0.15, 0.2) is 63.4 Å². The lowest BCUT2D eigenvalue weighted by Crippen LogP contribution is -2.36. The highest BCUT2D eigenvalue weighted by atomic mass is 16.5. The number of dihydropyridines is 1. The van der Waals surface area contributed by atoms with Crippen molar-refractivity contribution in [1.82, 2.24) is 5.32 Å². The topological polar surface area (TPSA) is 77.8 Å². The molecule has 2 aliphatic carbocycles. The number of hydrogen-bond acceptors (Lipinski definition) is 6. The number of allylic oxidation sites excluding steroid dienone is 3. The molecule has 1 aromatic heterocycles. The third-order valence-electron chi connectivity index (χ3n) is 7.23. The van der Waals surface area contributed by atoms with E-state index < -0.39 is 5.92 Å². The first-order chi connectivity index (χ1) is 16.4. The molecule has 0 amide bonds. The highest BCUT2D eigenvalue weighted by Gasteiger charge is 2.43. The van der Waals surface area contributed by atoms with Gasteiger partial charge < -0.3 is 19.2 Å². The summed E-state index contributed by atoms with van der Waals surface area (Å²) in [7, 11) is 1.64. The van der Waals surface area contributed by atoms with E-state index in [1.165, 1.54) is 0 Å². The van der Waals surface area contributed by atoms with Gasteiger partial charge in [-0.15, -0.1) is 0 Å². The third kappa shape index (κ3) is 4.17. The number of methoxy groups -OCH3 is 1. The highest BCUT2D eigenvalue weighted by molar-refractivity contribution is 6.04. The smallest absolute Gasteiger partial charge is 0.337 e. The van der Waals surface area contributed by atoms with Crippen LogP contribution in [0.25, 0.3) is 0 Å². The van der Waals surface area contributed by atoms with Gasteiger partial charge in [-0.05, 0) is 81.7 Å². The number of Topliss-reactive ketones (excluding diaryl/α,β-unsaturated/α-hetero) is 1. The van der Waals surface area contributed by atoms with Crippen molar-refractivity contribution in [3.05, 3.63) is 76.0 Å². The van der Waals surface area contributed by atoms with E-state index in [4.69, 9.17) is 13.9 Å². The molecule has 2 heterocycles. The van der Waals surface area contributed by atoms with Crippen molar-refractivity contribution in [2.24, 2.45) is 0 Å². The van der Waals surface area contributed by atoms with Crippen molar-refractivity contribution in [3.63, 3.8) is 0 Å². The van der Waals surface area contributed by atoms with Gasteiger partial charge >= 0.3 is 5.97 Å². The van der Waals surface area contributed by atoms with Crippen LogP contribution in [-0.4, -0.2) is 25.0 Å². The van der Waals surface area contributed by atoms with Crippen molar-refractivity contribution in [2.45, 2.75) is 70.3 Å². The molecule has 178 valence electrons. The zero-order chi connectivity index (χ0) is 23.8. The molecule has 0 bridgehead atoms. The van der Waals surface area contributed by atoms with Gasteiger partial charge in [-0.1, -0.05) is 12.1 Å². The highest BCUT2D eigenvalue weighted by Crippen LogP contribution is 2.46. The quantitative estimate of drug-likeness (QED) is 0.597. The summed E-state index contributed by atoms with van der Waals surface area (Å²) in [6, 6.07) is 11.6. The fraction of sp³-hybridized carbons (Fsp3) is 0.429. The lowest BCUT2D eigenvalue weighted by molar-refractivity contribution is -0.144. The largest absolute Gasteiger partial charge is 0.497 e. The molecular weight excluding hydrogens is 430 g/mol. The van der Waals surface area contributed by atoms with Crippen LogP contribution in [0.4, 0.5) is 0 Å². The molecule has 3 aliphatic rings. The molecule has 0 radical (unpaired) electrons. The zero-order valence-electron chi connectivity index (χ0n) is 20.0.